The first kappa shape index (κ1) is 17.5. The minimum atomic E-state index is -0.163. The van der Waals surface area contributed by atoms with Gasteiger partial charge in [-0.15, -0.1) is 5.75 Å². The molecular formula is C11H15BrMgO2. The third kappa shape index (κ3) is 4.21. The summed E-state index contributed by atoms with van der Waals surface area (Å²) in [6.07, 6.45) is 0. The summed E-state index contributed by atoms with van der Waals surface area (Å²) in [5.41, 5.74) is 0.585. The van der Waals surface area contributed by atoms with E-state index >= 15 is 0 Å². The van der Waals surface area contributed by atoms with Crippen LogP contribution in [-0.4, -0.2) is 30.2 Å². The first-order chi connectivity index (χ1) is 5.96. The molecule has 0 fully saturated rings. The number of halogens is 1. The normalized spacial score (nSPS) is 9.87. The molecule has 80 valence electrons. The topological polar surface area (TPSA) is 32.3 Å². The molecule has 4 heteroatoms. The van der Waals surface area contributed by atoms with E-state index in [0.717, 1.165) is 5.56 Å². The van der Waals surface area contributed by atoms with E-state index in [1.54, 1.807) is 19.2 Å². The van der Waals surface area contributed by atoms with Gasteiger partial charge >= 0.3 is 23.1 Å². The fourth-order valence-electron chi connectivity index (χ4n) is 1.42. The largest absolute Gasteiger partial charge is 2.00 e. The molecule has 0 bridgehead atoms. The van der Waals surface area contributed by atoms with Gasteiger partial charge in [-0.05, 0) is 17.0 Å². The minimum absolute atomic E-state index is 0. The van der Waals surface area contributed by atoms with Gasteiger partial charge in [-0.1, -0.05) is 32.9 Å². The molecule has 1 aromatic rings. The molecule has 0 radical (unpaired) electrons. The third-order valence-corrected chi connectivity index (χ3v) is 1.96. The molecule has 0 spiro atoms. The van der Waals surface area contributed by atoms with E-state index in [-0.39, 0.29) is 51.2 Å². The van der Waals surface area contributed by atoms with Crippen molar-refractivity contribution < 1.29 is 26.8 Å². The molecule has 0 aliphatic carbocycles. The van der Waals surface area contributed by atoms with E-state index in [1.165, 1.54) is 0 Å². The fourth-order valence-corrected chi connectivity index (χ4v) is 1.42. The van der Waals surface area contributed by atoms with Gasteiger partial charge in [0.1, 0.15) is 5.75 Å². The predicted octanol–water partition coefficient (Wildman–Crippen LogP) is -1.31. The van der Waals surface area contributed by atoms with Gasteiger partial charge in [-0.2, -0.15) is 0 Å². The van der Waals surface area contributed by atoms with Crippen LogP contribution in [0.4, 0.5) is 0 Å². The summed E-state index contributed by atoms with van der Waals surface area (Å²) in [6.45, 7) is 6.02. The Morgan fingerprint density at radius 2 is 1.73 bits per heavy atom. The molecule has 0 atom stereocenters. The van der Waals surface area contributed by atoms with Crippen molar-refractivity contribution in [1.82, 2.24) is 0 Å². The van der Waals surface area contributed by atoms with E-state index < -0.39 is 0 Å². The van der Waals surface area contributed by atoms with Gasteiger partial charge in [0.25, 0.3) is 0 Å². The average molecular weight is 283 g/mol. The first-order valence-corrected chi connectivity index (χ1v) is 4.31. The average Bonchev–Trinajstić information content (AvgIpc) is 2.01. The minimum Gasteiger partial charge on any atom is -1.00 e. The van der Waals surface area contributed by atoms with Crippen LogP contribution >= 0.6 is 0 Å². The molecule has 0 heterocycles. The molecule has 0 N–H and O–H groups in total. The SMILES string of the molecule is COc1cccc([O-])c1C(C)(C)C.[Br-].[Mg+2]. The first-order valence-electron chi connectivity index (χ1n) is 4.31. The molecule has 0 aliphatic heterocycles. The molecule has 1 aromatic carbocycles. The monoisotopic (exact) mass is 282 g/mol. The number of hydrogen-bond donors (Lipinski definition) is 0. The van der Waals surface area contributed by atoms with Crippen molar-refractivity contribution in [3.05, 3.63) is 23.8 Å². The van der Waals surface area contributed by atoms with Crippen molar-refractivity contribution in [3.63, 3.8) is 0 Å². The predicted molar refractivity (Wildman–Crippen MR) is 56.9 cm³/mol. The maximum atomic E-state index is 11.6. The summed E-state index contributed by atoms with van der Waals surface area (Å²) < 4.78 is 5.15. The van der Waals surface area contributed by atoms with Crippen molar-refractivity contribution in [2.24, 2.45) is 0 Å². The summed E-state index contributed by atoms with van der Waals surface area (Å²) in [7, 11) is 1.59. The molecule has 0 saturated carbocycles. The second-order valence-corrected chi connectivity index (χ2v) is 4.08. The second-order valence-electron chi connectivity index (χ2n) is 4.08. The molecule has 0 aromatic heterocycles. The Morgan fingerprint density at radius 3 is 2.07 bits per heavy atom. The van der Waals surface area contributed by atoms with Crippen molar-refractivity contribution in [3.8, 4) is 11.5 Å². The van der Waals surface area contributed by atoms with Crippen LogP contribution in [0, 0.1) is 0 Å². The van der Waals surface area contributed by atoms with E-state index in [9.17, 15) is 5.11 Å². The van der Waals surface area contributed by atoms with Crippen LogP contribution < -0.4 is 26.8 Å². The standard InChI is InChI=1S/C11H16O2.BrH.Mg/c1-11(2,3)10-8(12)6-5-7-9(10)13-4;;/h5-7,12H,1-4H3;1H;/q;;+2/p-2. The van der Waals surface area contributed by atoms with Gasteiger partial charge in [0.2, 0.25) is 0 Å². The summed E-state index contributed by atoms with van der Waals surface area (Å²) in [5, 5.41) is 11.6. The van der Waals surface area contributed by atoms with Gasteiger partial charge in [-0.3, -0.25) is 0 Å². The third-order valence-electron chi connectivity index (χ3n) is 1.96. The molecule has 1 rings (SSSR count). The number of rotatable bonds is 1. The Labute approximate surface area is 118 Å². The van der Waals surface area contributed by atoms with Gasteiger partial charge < -0.3 is 26.8 Å². The van der Waals surface area contributed by atoms with E-state index in [0.29, 0.717) is 5.75 Å². The summed E-state index contributed by atoms with van der Waals surface area (Å²) in [4.78, 5) is 0. The zero-order chi connectivity index (χ0) is 10.1. The zero-order valence-corrected chi connectivity index (χ0v) is 12.6. The maximum absolute atomic E-state index is 11.6. The van der Waals surface area contributed by atoms with Gasteiger partial charge in [0, 0.05) is 0 Å². The van der Waals surface area contributed by atoms with Crippen molar-refractivity contribution in [2.45, 2.75) is 26.2 Å². The molecule has 15 heavy (non-hydrogen) atoms. The quantitative estimate of drug-likeness (QED) is 0.600. The van der Waals surface area contributed by atoms with Gasteiger partial charge in [-0.25, -0.2) is 0 Å². The van der Waals surface area contributed by atoms with Gasteiger partial charge in [0.15, 0.2) is 0 Å². The number of methoxy groups -OCH3 is 1. The van der Waals surface area contributed by atoms with Crippen LogP contribution in [0.5, 0.6) is 11.5 Å². The summed E-state index contributed by atoms with van der Waals surface area (Å²) >= 11 is 0. The van der Waals surface area contributed by atoms with E-state index in [2.05, 4.69) is 0 Å². The van der Waals surface area contributed by atoms with Crippen LogP contribution in [0.15, 0.2) is 18.2 Å². The summed E-state index contributed by atoms with van der Waals surface area (Å²) in [5.74, 6) is 0.729. The Morgan fingerprint density at radius 1 is 1.20 bits per heavy atom. The number of ether oxygens (including phenoxy) is 1. The molecule has 0 saturated heterocycles. The van der Waals surface area contributed by atoms with Crippen molar-refractivity contribution in [1.29, 1.82) is 0 Å². The van der Waals surface area contributed by atoms with Crippen molar-refractivity contribution >= 4 is 23.1 Å². The molecular weight excluding hydrogens is 268 g/mol. The summed E-state index contributed by atoms with van der Waals surface area (Å²) in [6, 6.07) is 5.11. The van der Waals surface area contributed by atoms with Crippen LogP contribution in [0.3, 0.4) is 0 Å². The maximum Gasteiger partial charge on any atom is 2.00 e. The van der Waals surface area contributed by atoms with Crippen LogP contribution in [0.1, 0.15) is 26.3 Å². The van der Waals surface area contributed by atoms with Gasteiger partial charge in [0.05, 0.1) is 7.11 Å². The number of hydrogen-bond acceptors (Lipinski definition) is 2. The Balaban J connectivity index is 0. The fraction of sp³-hybridized carbons (Fsp3) is 0.455. The molecule has 0 aliphatic rings. The number of benzene rings is 1. The van der Waals surface area contributed by atoms with Crippen LogP contribution in [0.2, 0.25) is 0 Å². The zero-order valence-electron chi connectivity index (χ0n) is 9.63. The van der Waals surface area contributed by atoms with E-state index in [4.69, 9.17) is 4.74 Å². The van der Waals surface area contributed by atoms with E-state index in [1.807, 2.05) is 26.8 Å². The molecule has 0 amide bonds. The Kier molecular flexibility index (Phi) is 7.69. The van der Waals surface area contributed by atoms with Crippen molar-refractivity contribution in [2.75, 3.05) is 7.11 Å². The molecule has 0 unspecified atom stereocenters. The van der Waals surface area contributed by atoms with Crippen LogP contribution in [0.25, 0.3) is 0 Å². The molecule has 2 nitrogen and oxygen atoms in total. The second kappa shape index (κ2) is 6.61. The van der Waals surface area contributed by atoms with Crippen LogP contribution in [-0.2, 0) is 5.41 Å². The Bertz CT molecular complexity index is 308. The Hall–Kier alpha value is 0.0662. The smallest absolute Gasteiger partial charge is 1.00 e.